The Morgan fingerprint density at radius 3 is 2.70 bits per heavy atom. The smallest absolute Gasteiger partial charge is 0.266 e. The summed E-state index contributed by atoms with van der Waals surface area (Å²) in [4.78, 5) is 8.94. The van der Waals surface area contributed by atoms with E-state index in [-0.39, 0.29) is 0 Å². The molecule has 3 rings (SSSR count). The van der Waals surface area contributed by atoms with Crippen LogP contribution >= 0.6 is 0 Å². The van der Waals surface area contributed by atoms with E-state index < -0.39 is 0 Å². The highest BCUT2D eigenvalue weighted by molar-refractivity contribution is 5.64. The van der Waals surface area contributed by atoms with Crippen LogP contribution in [0, 0.1) is 6.92 Å². The summed E-state index contributed by atoms with van der Waals surface area (Å²) in [7, 11) is 2.12. The summed E-state index contributed by atoms with van der Waals surface area (Å²) in [5, 5.41) is 4.09. The second kappa shape index (κ2) is 5.13. The summed E-state index contributed by atoms with van der Waals surface area (Å²) in [6, 6.07) is 5.71. The molecule has 106 valence electrons. The minimum Gasteiger partial charge on any atom is -0.399 e. The van der Waals surface area contributed by atoms with Gasteiger partial charge in [-0.1, -0.05) is 6.07 Å². The number of benzene rings is 1. The molecule has 2 heterocycles. The first-order chi connectivity index (χ1) is 9.63. The van der Waals surface area contributed by atoms with Crippen molar-refractivity contribution in [2.45, 2.75) is 6.92 Å². The zero-order chi connectivity index (χ0) is 14.1. The molecule has 0 bridgehead atoms. The van der Waals surface area contributed by atoms with Crippen LogP contribution < -0.4 is 10.6 Å². The van der Waals surface area contributed by atoms with Gasteiger partial charge in [-0.15, -0.1) is 0 Å². The van der Waals surface area contributed by atoms with E-state index in [4.69, 9.17) is 10.3 Å². The van der Waals surface area contributed by atoms with Gasteiger partial charge in [0.25, 0.3) is 11.8 Å². The van der Waals surface area contributed by atoms with E-state index in [0.717, 1.165) is 37.3 Å². The number of rotatable bonds is 2. The molecule has 0 aliphatic carbocycles. The number of aryl methyl sites for hydroxylation is 1. The van der Waals surface area contributed by atoms with Crippen LogP contribution in [0.2, 0.25) is 0 Å². The summed E-state index contributed by atoms with van der Waals surface area (Å²) in [6.07, 6.45) is 0. The third-order valence-electron chi connectivity index (χ3n) is 3.69. The second-order valence-electron chi connectivity index (χ2n) is 5.26. The number of nitrogen functional groups attached to an aromatic ring is 1. The molecule has 6 heteroatoms. The lowest BCUT2D eigenvalue weighted by Crippen LogP contribution is -2.44. The average Bonchev–Trinajstić information content (AvgIpc) is 2.92. The van der Waals surface area contributed by atoms with Crippen LogP contribution in [0.25, 0.3) is 11.5 Å². The maximum absolute atomic E-state index is 5.82. The van der Waals surface area contributed by atoms with Crippen molar-refractivity contribution >= 4 is 11.6 Å². The molecular weight excluding hydrogens is 254 g/mol. The second-order valence-corrected chi connectivity index (χ2v) is 5.26. The minimum absolute atomic E-state index is 0.531. The minimum atomic E-state index is 0.531. The lowest BCUT2D eigenvalue weighted by Gasteiger charge is -2.31. The number of piperazine rings is 1. The SMILES string of the molecule is Cc1ccc(N)cc1-c1nc(N2CCN(C)CC2)no1. The Kier molecular flexibility index (Phi) is 3.31. The van der Waals surface area contributed by atoms with E-state index in [1.807, 2.05) is 25.1 Å². The number of anilines is 2. The van der Waals surface area contributed by atoms with E-state index in [2.05, 4.69) is 27.0 Å². The van der Waals surface area contributed by atoms with Gasteiger partial charge in [-0.3, -0.25) is 0 Å². The molecule has 6 nitrogen and oxygen atoms in total. The van der Waals surface area contributed by atoms with Gasteiger partial charge in [0.05, 0.1) is 0 Å². The van der Waals surface area contributed by atoms with Gasteiger partial charge < -0.3 is 20.1 Å². The van der Waals surface area contributed by atoms with Crippen molar-refractivity contribution in [3.05, 3.63) is 23.8 Å². The largest absolute Gasteiger partial charge is 0.399 e. The quantitative estimate of drug-likeness (QED) is 0.833. The number of nitrogens with two attached hydrogens (primary N) is 1. The highest BCUT2D eigenvalue weighted by Gasteiger charge is 2.20. The van der Waals surface area contributed by atoms with Crippen molar-refractivity contribution in [2.75, 3.05) is 43.9 Å². The highest BCUT2D eigenvalue weighted by Crippen LogP contribution is 2.26. The van der Waals surface area contributed by atoms with E-state index in [1.54, 1.807) is 0 Å². The Labute approximate surface area is 118 Å². The van der Waals surface area contributed by atoms with Crippen molar-refractivity contribution in [3.8, 4) is 11.5 Å². The number of nitrogens with zero attached hydrogens (tertiary/aromatic N) is 4. The van der Waals surface area contributed by atoms with Crippen molar-refractivity contribution in [1.29, 1.82) is 0 Å². The van der Waals surface area contributed by atoms with Gasteiger partial charge in [0.1, 0.15) is 0 Å². The zero-order valence-corrected chi connectivity index (χ0v) is 11.8. The Morgan fingerprint density at radius 2 is 1.95 bits per heavy atom. The van der Waals surface area contributed by atoms with Gasteiger partial charge in [-0.05, 0) is 36.8 Å². The standard InChI is InChI=1S/C14H19N5O/c1-10-3-4-11(15)9-12(10)13-16-14(17-20-13)19-7-5-18(2)6-8-19/h3-4,9H,5-8,15H2,1-2H3. The third-order valence-corrected chi connectivity index (χ3v) is 3.69. The maximum atomic E-state index is 5.82. The van der Waals surface area contributed by atoms with Gasteiger partial charge >= 0.3 is 0 Å². The third kappa shape index (κ3) is 2.46. The molecule has 0 amide bonds. The molecule has 0 saturated carbocycles. The van der Waals surface area contributed by atoms with Crippen LogP contribution in [0.3, 0.4) is 0 Å². The lowest BCUT2D eigenvalue weighted by atomic mass is 10.1. The summed E-state index contributed by atoms with van der Waals surface area (Å²) in [5.74, 6) is 1.19. The molecule has 0 radical (unpaired) electrons. The monoisotopic (exact) mass is 273 g/mol. The van der Waals surface area contributed by atoms with Crippen molar-refractivity contribution in [3.63, 3.8) is 0 Å². The van der Waals surface area contributed by atoms with Crippen LogP contribution in [0.4, 0.5) is 11.6 Å². The lowest BCUT2D eigenvalue weighted by molar-refractivity contribution is 0.309. The zero-order valence-electron chi connectivity index (χ0n) is 11.8. The first kappa shape index (κ1) is 12.9. The normalized spacial score (nSPS) is 16.6. The maximum Gasteiger partial charge on any atom is 0.266 e. The van der Waals surface area contributed by atoms with Crippen LogP contribution in [0.5, 0.6) is 0 Å². The number of likely N-dealkylation sites (N-methyl/N-ethyl adjacent to an activating group) is 1. The molecule has 0 unspecified atom stereocenters. The van der Waals surface area contributed by atoms with Crippen molar-refractivity contribution in [1.82, 2.24) is 15.0 Å². The van der Waals surface area contributed by atoms with Crippen LogP contribution in [0.15, 0.2) is 22.7 Å². The number of aromatic nitrogens is 2. The van der Waals surface area contributed by atoms with Crippen LogP contribution in [-0.4, -0.2) is 48.3 Å². The molecule has 20 heavy (non-hydrogen) atoms. The van der Waals surface area contributed by atoms with Crippen molar-refractivity contribution in [2.24, 2.45) is 0 Å². The van der Waals surface area contributed by atoms with Gasteiger partial charge in [-0.25, -0.2) is 0 Å². The molecule has 0 atom stereocenters. The Hall–Kier alpha value is -2.08. The van der Waals surface area contributed by atoms with Gasteiger partial charge in [0.15, 0.2) is 0 Å². The molecular formula is C14H19N5O. The summed E-state index contributed by atoms with van der Waals surface area (Å²) in [6.45, 7) is 5.88. The fraction of sp³-hybridized carbons (Fsp3) is 0.429. The molecule has 1 aromatic carbocycles. The average molecular weight is 273 g/mol. The summed E-state index contributed by atoms with van der Waals surface area (Å²) < 4.78 is 5.39. The summed E-state index contributed by atoms with van der Waals surface area (Å²) >= 11 is 0. The van der Waals surface area contributed by atoms with E-state index in [9.17, 15) is 0 Å². The summed E-state index contributed by atoms with van der Waals surface area (Å²) in [5.41, 5.74) is 8.50. The molecule has 1 fully saturated rings. The molecule has 1 saturated heterocycles. The Balaban J connectivity index is 1.85. The first-order valence-corrected chi connectivity index (χ1v) is 6.77. The molecule has 1 aliphatic rings. The van der Waals surface area contributed by atoms with Gasteiger partial charge in [0.2, 0.25) is 0 Å². The Morgan fingerprint density at radius 1 is 1.20 bits per heavy atom. The molecule has 0 spiro atoms. The van der Waals surface area contributed by atoms with Crippen molar-refractivity contribution < 1.29 is 4.52 Å². The fourth-order valence-corrected chi connectivity index (χ4v) is 2.33. The predicted octanol–water partition coefficient (Wildman–Crippen LogP) is 1.38. The first-order valence-electron chi connectivity index (χ1n) is 6.77. The topological polar surface area (TPSA) is 71.4 Å². The van der Waals surface area contributed by atoms with E-state index >= 15 is 0 Å². The fourth-order valence-electron chi connectivity index (χ4n) is 2.33. The van der Waals surface area contributed by atoms with Crippen LogP contribution in [-0.2, 0) is 0 Å². The van der Waals surface area contributed by atoms with Gasteiger partial charge in [0, 0.05) is 37.4 Å². The van der Waals surface area contributed by atoms with E-state index in [1.165, 1.54) is 0 Å². The molecule has 1 aliphatic heterocycles. The predicted molar refractivity (Wildman–Crippen MR) is 78.6 cm³/mol. The molecule has 2 aromatic rings. The Bertz CT molecular complexity index is 601. The van der Waals surface area contributed by atoms with Gasteiger partial charge in [-0.2, -0.15) is 4.98 Å². The van der Waals surface area contributed by atoms with E-state index in [0.29, 0.717) is 17.5 Å². The number of hydrogen-bond acceptors (Lipinski definition) is 6. The van der Waals surface area contributed by atoms with Crippen LogP contribution in [0.1, 0.15) is 5.56 Å². The number of hydrogen-bond donors (Lipinski definition) is 1. The highest BCUT2D eigenvalue weighted by atomic mass is 16.5. The molecule has 1 aromatic heterocycles. The molecule has 2 N–H and O–H groups in total.